The van der Waals surface area contributed by atoms with E-state index in [1.807, 2.05) is 0 Å². The third-order valence-corrected chi connectivity index (χ3v) is 3.58. The fraction of sp³-hybridized carbons (Fsp3) is 0.0833. The van der Waals surface area contributed by atoms with E-state index >= 15 is 0 Å². The van der Waals surface area contributed by atoms with E-state index in [4.69, 9.17) is 5.11 Å². The number of hydrogen-bond acceptors (Lipinski definition) is 4. The van der Waals surface area contributed by atoms with Crippen LogP contribution in [0.15, 0.2) is 28.1 Å². The molecule has 0 atom stereocenters. The summed E-state index contributed by atoms with van der Waals surface area (Å²) in [5, 5.41) is 14.0. The second-order valence-electron chi connectivity index (χ2n) is 3.70. The first kappa shape index (κ1) is 13.7. The number of aromatic nitrogens is 1. The van der Waals surface area contributed by atoms with E-state index < -0.39 is 11.9 Å². The van der Waals surface area contributed by atoms with Gasteiger partial charge in [-0.25, -0.2) is 9.78 Å². The Hall–Kier alpha value is -1.73. The Balaban J connectivity index is 2.30. The van der Waals surface area contributed by atoms with Crippen LogP contribution in [0.1, 0.15) is 25.9 Å². The van der Waals surface area contributed by atoms with Crippen LogP contribution in [0.5, 0.6) is 0 Å². The van der Waals surface area contributed by atoms with Gasteiger partial charge in [0, 0.05) is 9.85 Å². The maximum atomic E-state index is 11.9. The van der Waals surface area contributed by atoms with Crippen LogP contribution in [0, 0.1) is 6.92 Å². The predicted octanol–water partition coefficient (Wildman–Crippen LogP) is 3.16. The molecule has 0 saturated heterocycles. The smallest absolute Gasteiger partial charge is 0.337 e. The standard InChI is InChI=1S/C12H9BrN2O3S/c1-6-14-10(5-19-6)11(16)15-9-4-7(13)2-3-8(9)12(17)18/h2-5H,1H3,(H,15,16)(H,17,18). The monoisotopic (exact) mass is 340 g/mol. The summed E-state index contributed by atoms with van der Waals surface area (Å²) < 4.78 is 0.683. The number of hydrogen-bond donors (Lipinski definition) is 2. The zero-order valence-electron chi connectivity index (χ0n) is 9.81. The number of anilines is 1. The third-order valence-electron chi connectivity index (χ3n) is 2.31. The highest BCUT2D eigenvalue weighted by Gasteiger charge is 2.15. The van der Waals surface area contributed by atoms with Gasteiger partial charge in [-0.05, 0) is 25.1 Å². The van der Waals surface area contributed by atoms with Crippen LogP contribution >= 0.6 is 27.3 Å². The van der Waals surface area contributed by atoms with Crippen LogP contribution in [-0.4, -0.2) is 22.0 Å². The summed E-state index contributed by atoms with van der Waals surface area (Å²) >= 11 is 4.60. The predicted molar refractivity (Wildman–Crippen MR) is 75.9 cm³/mol. The third kappa shape index (κ3) is 3.18. The molecule has 1 heterocycles. The van der Waals surface area contributed by atoms with Crippen LogP contribution in [0.3, 0.4) is 0 Å². The van der Waals surface area contributed by atoms with Crippen LogP contribution in [0.4, 0.5) is 5.69 Å². The zero-order chi connectivity index (χ0) is 14.0. The number of thiazole rings is 1. The number of carboxylic acid groups (broad SMARTS) is 1. The molecule has 0 saturated carbocycles. The number of aryl methyl sites for hydroxylation is 1. The topological polar surface area (TPSA) is 79.3 Å². The van der Waals surface area contributed by atoms with Gasteiger partial charge >= 0.3 is 5.97 Å². The molecule has 2 rings (SSSR count). The van der Waals surface area contributed by atoms with Crippen molar-refractivity contribution in [1.29, 1.82) is 0 Å². The van der Waals surface area contributed by atoms with Gasteiger partial charge in [-0.3, -0.25) is 4.79 Å². The minimum Gasteiger partial charge on any atom is -0.478 e. The number of aromatic carboxylic acids is 1. The number of rotatable bonds is 3. The van der Waals surface area contributed by atoms with Crippen molar-refractivity contribution in [2.75, 3.05) is 5.32 Å². The van der Waals surface area contributed by atoms with Crippen molar-refractivity contribution in [3.63, 3.8) is 0 Å². The van der Waals surface area contributed by atoms with Crippen LogP contribution in [0.25, 0.3) is 0 Å². The van der Waals surface area contributed by atoms with Gasteiger partial charge in [-0.15, -0.1) is 11.3 Å². The second-order valence-corrected chi connectivity index (χ2v) is 5.68. The average Bonchev–Trinajstić information content (AvgIpc) is 2.75. The average molecular weight is 341 g/mol. The normalized spacial score (nSPS) is 10.2. The first-order valence-electron chi connectivity index (χ1n) is 5.23. The van der Waals surface area contributed by atoms with Gasteiger partial charge < -0.3 is 10.4 Å². The lowest BCUT2D eigenvalue weighted by Crippen LogP contribution is -2.15. The molecule has 0 unspecified atom stereocenters. The van der Waals surface area contributed by atoms with Crippen molar-refractivity contribution in [2.24, 2.45) is 0 Å². The molecule has 2 N–H and O–H groups in total. The van der Waals surface area contributed by atoms with E-state index in [-0.39, 0.29) is 16.9 Å². The van der Waals surface area contributed by atoms with Crippen LogP contribution < -0.4 is 5.32 Å². The molecule has 7 heteroatoms. The number of amides is 1. The Morgan fingerprint density at radius 3 is 2.74 bits per heavy atom. The number of nitrogens with zero attached hydrogens (tertiary/aromatic N) is 1. The van der Waals surface area contributed by atoms with Crippen LogP contribution in [-0.2, 0) is 0 Å². The van der Waals surface area contributed by atoms with Gasteiger partial charge in [0.05, 0.1) is 16.3 Å². The quantitative estimate of drug-likeness (QED) is 0.899. The summed E-state index contributed by atoms with van der Waals surface area (Å²) in [7, 11) is 0. The maximum absolute atomic E-state index is 11.9. The van der Waals surface area contributed by atoms with E-state index in [1.54, 1.807) is 24.4 Å². The Morgan fingerprint density at radius 1 is 1.42 bits per heavy atom. The summed E-state index contributed by atoms with van der Waals surface area (Å²) in [6, 6.07) is 4.57. The molecule has 0 spiro atoms. The largest absolute Gasteiger partial charge is 0.478 e. The zero-order valence-corrected chi connectivity index (χ0v) is 12.2. The summed E-state index contributed by atoms with van der Waals surface area (Å²) in [6.45, 7) is 1.79. The molecule has 98 valence electrons. The Kier molecular flexibility index (Phi) is 3.96. The lowest BCUT2D eigenvalue weighted by molar-refractivity contribution is 0.0698. The Labute approximate surface area is 121 Å². The highest BCUT2D eigenvalue weighted by Crippen LogP contribution is 2.22. The first-order valence-corrected chi connectivity index (χ1v) is 6.91. The molecule has 2 aromatic rings. The lowest BCUT2D eigenvalue weighted by Gasteiger charge is -2.07. The molecule has 19 heavy (non-hydrogen) atoms. The van der Waals surface area contributed by atoms with E-state index in [2.05, 4.69) is 26.2 Å². The molecule has 5 nitrogen and oxygen atoms in total. The molecule has 1 amide bonds. The van der Waals surface area contributed by atoms with Crippen molar-refractivity contribution in [3.05, 3.63) is 44.3 Å². The molecule has 1 aromatic heterocycles. The lowest BCUT2D eigenvalue weighted by atomic mass is 10.2. The minimum atomic E-state index is -1.10. The van der Waals surface area contributed by atoms with Crippen molar-refractivity contribution in [1.82, 2.24) is 4.98 Å². The maximum Gasteiger partial charge on any atom is 0.337 e. The van der Waals surface area contributed by atoms with E-state index in [0.29, 0.717) is 4.47 Å². The van der Waals surface area contributed by atoms with E-state index in [9.17, 15) is 9.59 Å². The number of carboxylic acids is 1. The van der Waals surface area contributed by atoms with Gasteiger partial charge in [-0.1, -0.05) is 15.9 Å². The first-order chi connectivity index (χ1) is 8.97. The molecule has 0 fully saturated rings. The number of benzene rings is 1. The SMILES string of the molecule is Cc1nc(C(=O)Nc2cc(Br)ccc2C(=O)O)cs1. The van der Waals surface area contributed by atoms with Gasteiger partial charge in [-0.2, -0.15) is 0 Å². The van der Waals surface area contributed by atoms with Crippen LogP contribution in [0.2, 0.25) is 0 Å². The second kappa shape index (κ2) is 5.50. The highest BCUT2D eigenvalue weighted by molar-refractivity contribution is 9.10. The number of carbonyl (C=O) groups is 2. The molecular formula is C12H9BrN2O3S. The summed E-state index contributed by atoms with van der Waals surface area (Å²) in [5.74, 6) is -1.53. The van der Waals surface area contributed by atoms with Gasteiger partial charge in [0.2, 0.25) is 0 Å². The highest BCUT2D eigenvalue weighted by atomic mass is 79.9. The van der Waals surface area contributed by atoms with Crippen molar-refractivity contribution < 1.29 is 14.7 Å². The number of halogens is 1. The van der Waals surface area contributed by atoms with E-state index in [1.165, 1.54) is 17.4 Å². The van der Waals surface area contributed by atoms with Crippen molar-refractivity contribution in [2.45, 2.75) is 6.92 Å². The Morgan fingerprint density at radius 2 is 2.16 bits per heavy atom. The summed E-state index contributed by atoms with van der Waals surface area (Å²) in [5.41, 5.74) is 0.542. The molecule has 1 aromatic carbocycles. The van der Waals surface area contributed by atoms with Gasteiger partial charge in [0.15, 0.2) is 0 Å². The molecule has 0 aliphatic heterocycles. The summed E-state index contributed by atoms with van der Waals surface area (Å²) in [6.07, 6.45) is 0. The van der Waals surface area contributed by atoms with Crippen molar-refractivity contribution >= 4 is 44.8 Å². The number of carbonyl (C=O) groups excluding carboxylic acids is 1. The van der Waals surface area contributed by atoms with Crippen molar-refractivity contribution in [3.8, 4) is 0 Å². The van der Waals surface area contributed by atoms with E-state index in [0.717, 1.165) is 5.01 Å². The minimum absolute atomic E-state index is 0.0310. The Bertz CT molecular complexity index is 654. The van der Waals surface area contributed by atoms with Gasteiger partial charge in [0.25, 0.3) is 5.91 Å². The molecule has 0 aliphatic carbocycles. The summed E-state index contributed by atoms with van der Waals surface area (Å²) in [4.78, 5) is 27.1. The molecular weight excluding hydrogens is 332 g/mol. The fourth-order valence-electron chi connectivity index (χ4n) is 1.46. The number of nitrogens with one attached hydrogen (secondary N) is 1. The molecule has 0 aliphatic rings. The fourth-order valence-corrected chi connectivity index (χ4v) is 2.41. The van der Waals surface area contributed by atoms with Gasteiger partial charge in [0.1, 0.15) is 5.69 Å². The molecule has 0 bridgehead atoms. The molecule has 0 radical (unpaired) electrons.